The highest BCUT2D eigenvalue weighted by Crippen LogP contribution is 2.53. The summed E-state index contributed by atoms with van der Waals surface area (Å²) in [4.78, 5) is 0. The summed E-state index contributed by atoms with van der Waals surface area (Å²) in [5.41, 5.74) is 10.8. The standard InChI is InChI=1S/C57H34O2/c1-57(2)47-27-39(43-25-35-15-7-9-17-41(35)53-45-23-31-11-3-5-13-33(31)29-49(45)58-55(43)53)21-37-19-20-38-22-40(28-48(57)52(38)51(37)47)44-26-36-16-8-10-18-42(36)54-46-24-32-12-4-6-14-34(32)30-50(46)59-56(44)54/h3-30H,1-2H3. The molecular formula is C57H34O2. The summed E-state index contributed by atoms with van der Waals surface area (Å²) in [7, 11) is 0. The van der Waals surface area contributed by atoms with Crippen molar-refractivity contribution >= 4 is 109 Å². The van der Waals surface area contributed by atoms with Crippen LogP contribution in [0.3, 0.4) is 0 Å². The van der Waals surface area contributed by atoms with Crippen LogP contribution in [0.15, 0.2) is 179 Å². The molecule has 13 aromatic rings. The average Bonchev–Trinajstić information content (AvgIpc) is 3.91. The Balaban J connectivity index is 1.00. The third-order valence-corrected chi connectivity index (χ3v) is 13.7. The second kappa shape index (κ2) is 10.9. The predicted octanol–water partition coefficient (Wildman–Crippen LogP) is 16.4. The fourth-order valence-electron chi connectivity index (χ4n) is 10.8. The van der Waals surface area contributed by atoms with E-state index in [1.165, 1.54) is 97.7 Å². The van der Waals surface area contributed by atoms with Crippen molar-refractivity contribution in [2.45, 2.75) is 19.3 Å². The molecule has 11 aromatic carbocycles. The summed E-state index contributed by atoms with van der Waals surface area (Å²) in [5, 5.41) is 19.6. The van der Waals surface area contributed by atoms with E-state index >= 15 is 0 Å². The fourth-order valence-corrected chi connectivity index (χ4v) is 10.8. The zero-order valence-corrected chi connectivity index (χ0v) is 32.5. The van der Waals surface area contributed by atoms with E-state index in [9.17, 15) is 0 Å². The molecule has 0 amide bonds. The van der Waals surface area contributed by atoms with Gasteiger partial charge in [0.2, 0.25) is 0 Å². The number of benzene rings is 11. The third kappa shape index (κ3) is 4.15. The van der Waals surface area contributed by atoms with Crippen molar-refractivity contribution in [2.75, 3.05) is 0 Å². The van der Waals surface area contributed by atoms with E-state index in [4.69, 9.17) is 8.83 Å². The molecule has 0 aliphatic heterocycles. The molecule has 274 valence electrons. The minimum absolute atomic E-state index is 0.255. The van der Waals surface area contributed by atoms with Crippen LogP contribution in [-0.4, -0.2) is 0 Å². The molecule has 0 atom stereocenters. The van der Waals surface area contributed by atoms with Gasteiger partial charge in [0.1, 0.15) is 22.3 Å². The molecular weight excluding hydrogens is 717 g/mol. The highest BCUT2D eigenvalue weighted by atomic mass is 16.3. The normalized spacial score (nSPS) is 13.7. The molecule has 0 saturated heterocycles. The van der Waals surface area contributed by atoms with Crippen LogP contribution in [0.1, 0.15) is 25.0 Å². The zero-order chi connectivity index (χ0) is 38.7. The molecule has 2 heterocycles. The summed E-state index contributed by atoms with van der Waals surface area (Å²) in [6, 6.07) is 62.6. The smallest absolute Gasteiger partial charge is 0.143 e. The first kappa shape index (κ1) is 31.6. The number of rotatable bonds is 2. The van der Waals surface area contributed by atoms with Gasteiger partial charge in [0.25, 0.3) is 0 Å². The number of hydrogen-bond donors (Lipinski definition) is 0. The van der Waals surface area contributed by atoms with Gasteiger partial charge in [0.15, 0.2) is 0 Å². The number of furan rings is 2. The molecule has 0 N–H and O–H groups in total. The van der Waals surface area contributed by atoms with Gasteiger partial charge < -0.3 is 8.83 Å². The first-order valence-corrected chi connectivity index (χ1v) is 20.6. The van der Waals surface area contributed by atoms with E-state index in [1.54, 1.807) is 0 Å². The minimum Gasteiger partial charge on any atom is -0.455 e. The molecule has 2 heteroatoms. The van der Waals surface area contributed by atoms with E-state index in [0.29, 0.717) is 0 Å². The maximum Gasteiger partial charge on any atom is 0.143 e. The molecule has 59 heavy (non-hydrogen) atoms. The van der Waals surface area contributed by atoms with Crippen LogP contribution in [0.5, 0.6) is 0 Å². The van der Waals surface area contributed by atoms with Crippen molar-refractivity contribution < 1.29 is 8.83 Å². The maximum atomic E-state index is 6.92. The molecule has 0 bridgehead atoms. The molecule has 0 saturated carbocycles. The van der Waals surface area contributed by atoms with Gasteiger partial charge in [-0.3, -0.25) is 0 Å². The summed E-state index contributed by atoms with van der Waals surface area (Å²) in [6.45, 7) is 4.80. The third-order valence-electron chi connectivity index (χ3n) is 13.7. The quantitative estimate of drug-likeness (QED) is 0.165. The maximum absolute atomic E-state index is 6.92. The van der Waals surface area contributed by atoms with E-state index in [2.05, 4.69) is 184 Å². The van der Waals surface area contributed by atoms with Gasteiger partial charge in [0.05, 0.1) is 0 Å². The Morgan fingerprint density at radius 2 is 0.712 bits per heavy atom. The predicted molar refractivity (Wildman–Crippen MR) is 249 cm³/mol. The second-order valence-electron chi connectivity index (χ2n) is 17.2. The molecule has 1 aliphatic rings. The van der Waals surface area contributed by atoms with Crippen LogP contribution >= 0.6 is 0 Å². The van der Waals surface area contributed by atoms with Crippen molar-refractivity contribution in [1.82, 2.24) is 0 Å². The lowest BCUT2D eigenvalue weighted by Gasteiger charge is -2.23. The lowest BCUT2D eigenvalue weighted by Crippen LogP contribution is -2.15. The number of hydrogen-bond acceptors (Lipinski definition) is 2. The van der Waals surface area contributed by atoms with Gasteiger partial charge in [-0.15, -0.1) is 0 Å². The van der Waals surface area contributed by atoms with Gasteiger partial charge in [-0.05, 0) is 148 Å². The van der Waals surface area contributed by atoms with E-state index in [0.717, 1.165) is 44.2 Å². The minimum atomic E-state index is -0.255. The SMILES string of the molecule is CC1(C)c2cc(-c3cc4ccccc4c4c3oc3cc5ccccc5cc34)cc3ccc4cc(-c5cc6ccccc6c6c5oc5cc7ccccc7cc56)cc1c4c23. The number of fused-ring (bicyclic) bond motifs is 12. The summed E-state index contributed by atoms with van der Waals surface area (Å²) in [5.74, 6) is 0. The van der Waals surface area contributed by atoms with Crippen molar-refractivity contribution in [3.05, 3.63) is 181 Å². The average molecular weight is 751 g/mol. The van der Waals surface area contributed by atoms with Crippen LogP contribution in [0.2, 0.25) is 0 Å². The highest BCUT2D eigenvalue weighted by Gasteiger charge is 2.35. The van der Waals surface area contributed by atoms with E-state index < -0.39 is 0 Å². The molecule has 0 radical (unpaired) electrons. The summed E-state index contributed by atoms with van der Waals surface area (Å²) < 4.78 is 13.8. The van der Waals surface area contributed by atoms with Crippen molar-refractivity contribution in [2.24, 2.45) is 0 Å². The Morgan fingerprint density at radius 1 is 0.322 bits per heavy atom. The van der Waals surface area contributed by atoms with Crippen molar-refractivity contribution in [3.8, 4) is 22.3 Å². The summed E-state index contributed by atoms with van der Waals surface area (Å²) >= 11 is 0. The monoisotopic (exact) mass is 750 g/mol. The molecule has 14 rings (SSSR count). The Bertz CT molecular complexity index is 3780. The van der Waals surface area contributed by atoms with Gasteiger partial charge in [-0.1, -0.05) is 123 Å². The molecule has 1 aliphatic carbocycles. The van der Waals surface area contributed by atoms with Crippen LogP contribution in [0.4, 0.5) is 0 Å². The van der Waals surface area contributed by atoms with Crippen LogP contribution in [0, 0.1) is 0 Å². The Kier molecular flexibility index (Phi) is 5.87. The van der Waals surface area contributed by atoms with E-state index in [1.807, 2.05) is 0 Å². The first-order chi connectivity index (χ1) is 29.0. The Labute approximate surface area is 338 Å². The van der Waals surface area contributed by atoms with Crippen LogP contribution in [-0.2, 0) is 5.41 Å². The molecule has 0 spiro atoms. The van der Waals surface area contributed by atoms with Gasteiger partial charge in [-0.25, -0.2) is 0 Å². The zero-order valence-electron chi connectivity index (χ0n) is 32.5. The first-order valence-electron chi connectivity index (χ1n) is 20.6. The molecule has 0 unspecified atom stereocenters. The fraction of sp³-hybridized carbons (Fsp3) is 0.0526. The Morgan fingerprint density at radius 3 is 1.15 bits per heavy atom. The van der Waals surface area contributed by atoms with Crippen molar-refractivity contribution in [3.63, 3.8) is 0 Å². The Hall–Kier alpha value is -7.42. The van der Waals surface area contributed by atoms with Gasteiger partial charge >= 0.3 is 0 Å². The van der Waals surface area contributed by atoms with Gasteiger partial charge in [0, 0.05) is 38.1 Å². The topological polar surface area (TPSA) is 26.3 Å². The van der Waals surface area contributed by atoms with Crippen LogP contribution < -0.4 is 0 Å². The van der Waals surface area contributed by atoms with Gasteiger partial charge in [-0.2, -0.15) is 0 Å². The lowest BCUT2D eigenvalue weighted by molar-refractivity contribution is 0.662. The molecule has 2 aromatic heterocycles. The van der Waals surface area contributed by atoms with Crippen LogP contribution in [0.25, 0.3) is 131 Å². The highest BCUT2D eigenvalue weighted by molar-refractivity contribution is 6.26. The molecule has 0 fully saturated rings. The second-order valence-corrected chi connectivity index (χ2v) is 17.2. The van der Waals surface area contributed by atoms with Crippen molar-refractivity contribution in [1.29, 1.82) is 0 Å². The lowest BCUT2D eigenvalue weighted by atomic mass is 9.79. The molecule has 2 nitrogen and oxygen atoms in total. The van der Waals surface area contributed by atoms with E-state index in [-0.39, 0.29) is 5.41 Å². The summed E-state index contributed by atoms with van der Waals surface area (Å²) in [6.07, 6.45) is 0. The largest absolute Gasteiger partial charge is 0.455 e.